The van der Waals surface area contributed by atoms with E-state index in [1.807, 2.05) is 0 Å². The number of aromatic nitrogens is 8. The van der Waals surface area contributed by atoms with Crippen LogP contribution in [0.15, 0.2) is 23.8 Å². The van der Waals surface area contributed by atoms with Gasteiger partial charge in [-0.3, -0.25) is 28.0 Å². The van der Waals surface area contributed by atoms with Crippen molar-refractivity contribution in [2.45, 2.75) is 49.1 Å². The fourth-order valence-corrected chi connectivity index (χ4v) is 11.7. The molecular weight excluding hydrogens is 903 g/mol. The van der Waals surface area contributed by atoms with Gasteiger partial charge in [0.15, 0.2) is 35.1 Å². The molecule has 2 aliphatic rings. The first-order valence-electron chi connectivity index (χ1n) is 15.2. The summed E-state index contributed by atoms with van der Waals surface area (Å²) >= 11 is 0. The number of aliphatic hydroxyl groups excluding tert-OH is 4. The monoisotopic (exact) mass is 932 g/mol. The van der Waals surface area contributed by atoms with Crippen LogP contribution in [0.1, 0.15) is 12.5 Å². The summed E-state index contributed by atoms with van der Waals surface area (Å²) in [6.45, 7) is -2.40. The minimum absolute atomic E-state index is 0.0438. The zero-order valence-corrected chi connectivity index (χ0v) is 32.5. The highest BCUT2D eigenvalue weighted by atomic mass is 31.3. The number of nitrogens with zero attached hydrogens (tertiary/aromatic N) is 7. The van der Waals surface area contributed by atoms with E-state index >= 15 is 0 Å². The van der Waals surface area contributed by atoms with Gasteiger partial charge in [-0.05, 0) is 0 Å². The zero-order chi connectivity index (χ0) is 42.7. The van der Waals surface area contributed by atoms with Crippen LogP contribution in [0.2, 0.25) is 0 Å². The van der Waals surface area contributed by atoms with Gasteiger partial charge in [-0.25, -0.2) is 42.8 Å². The molecule has 0 bridgehead atoms. The predicted molar refractivity (Wildman–Crippen MR) is 180 cm³/mol. The van der Waals surface area contributed by atoms with E-state index in [9.17, 15) is 72.5 Å². The van der Waals surface area contributed by atoms with Crippen LogP contribution in [-0.2, 0) is 58.6 Å². The van der Waals surface area contributed by atoms with Gasteiger partial charge in [-0.15, -0.1) is 0 Å². The Balaban J connectivity index is 1.01. The number of rotatable bonds is 16. The number of aliphatic hydroxyl groups is 4. The Morgan fingerprint density at radius 2 is 1.07 bits per heavy atom. The number of H-pyrrole nitrogens is 1. The maximum atomic E-state index is 12.4. The minimum atomic E-state index is -6.47. The molecule has 33 nitrogen and oxygen atoms in total. The fraction of sp³-hybridized carbons (Fsp3) is 0.500. The number of aromatic amines is 1. The molecular formula is C20H29N10O23P5. The first-order valence-corrected chi connectivity index (χ1v) is 22.7. The molecule has 322 valence electrons. The van der Waals surface area contributed by atoms with Crippen molar-refractivity contribution in [2.24, 2.45) is 0 Å². The largest absolute Gasteiger partial charge is 0.490 e. The van der Waals surface area contributed by atoms with Crippen LogP contribution < -0.4 is 17.0 Å². The number of nitrogens with one attached hydrogen (secondary N) is 1. The molecule has 2 aliphatic heterocycles. The lowest BCUT2D eigenvalue weighted by atomic mass is 10.1. The highest BCUT2D eigenvalue weighted by molar-refractivity contribution is 7.71. The van der Waals surface area contributed by atoms with E-state index in [4.69, 9.17) is 20.9 Å². The summed E-state index contributed by atoms with van der Waals surface area (Å²) in [5, 5.41) is 41.8. The van der Waals surface area contributed by atoms with Crippen molar-refractivity contribution < 1.29 is 103 Å². The number of imidazole rings is 2. The molecule has 0 aliphatic carbocycles. The van der Waals surface area contributed by atoms with E-state index in [-0.39, 0.29) is 34.1 Å². The number of phosphoric ester groups is 2. The van der Waals surface area contributed by atoms with E-state index in [1.54, 1.807) is 0 Å². The summed E-state index contributed by atoms with van der Waals surface area (Å²) in [5.74, 6) is -0.402. The first kappa shape index (κ1) is 44.5. The molecule has 0 radical (unpaired) electrons. The molecule has 2 fully saturated rings. The molecule has 4 aromatic rings. The summed E-state index contributed by atoms with van der Waals surface area (Å²) in [4.78, 5) is 82.8. The average molecular weight is 932 g/mol. The summed E-state index contributed by atoms with van der Waals surface area (Å²) in [6, 6.07) is 0. The molecule has 5 unspecified atom stereocenters. The smallest absolute Gasteiger partial charge is 0.387 e. The van der Waals surface area contributed by atoms with Crippen LogP contribution in [0.5, 0.6) is 0 Å². The van der Waals surface area contributed by atoms with Crippen molar-refractivity contribution in [1.82, 2.24) is 39.0 Å². The van der Waals surface area contributed by atoms with Crippen LogP contribution >= 0.6 is 39.1 Å². The van der Waals surface area contributed by atoms with Crippen LogP contribution in [0.3, 0.4) is 0 Å². The van der Waals surface area contributed by atoms with Crippen molar-refractivity contribution in [1.29, 1.82) is 0 Å². The van der Waals surface area contributed by atoms with Gasteiger partial charge in [0, 0.05) is 0 Å². The van der Waals surface area contributed by atoms with Crippen molar-refractivity contribution in [3.05, 3.63) is 29.3 Å². The number of nitrogen functional groups attached to an aromatic ring is 2. The van der Waals surface area contributed by atoms with Gasteiger partial charge in [-0.2, -0.15) is 22.2 Å². The van der Waals surface area contributed by atoms with Crippen molar-refractivity contribution in [3.8, 4) is 0 Å². The number of hydrogen-bond donors (Lipinski definition) is 12. The van der Waals surface area contributed by atoms with Crippen LogP contribution in [0.25, 0.3) is 22.3 Å². The first-order chi connectivity index (χ1) is 26.8. The number of anilines is 2. The van der Waals surface area contributed by atoms with Gasteiger partial charge in [0.1, 0.15) is 48.5 Å². The van der Waals surface area contributed by atoms with E-state index in [1.165, 1.54) is 0 Å². The predicted octanol–water partition coefficient (Wildman–Crippen LogP) is -3.04. The van der Waals surface area contributed by atoms with Crippen molar-refractivity contribution >= 4 is 73.2 Å². The normalized spacial score (nSPS) is 30.4. The summed E-state index contributed by atoms with van der Waals surface area (Å²) in [5.41, 5.74) is 10.1. The third kappa shape index (κ3) is 9.78. The summed E-state index contributed by atoms with van der Waals surface area (Å²) in [6.07, 6.45) is -10.7. The molecule has 6 heterocycles. The second-order valence-corrected chi connectivity index (χ2v) is 19.5. The van der Waals surface area contributed by atoms with Crippen LogP contribution in [0, 0.1) is 0 Å². The van der Waals surface area contributed by atoms with E-state index in [0.29, 0.717) is 0 Å². The number of hydrogen-bond acceptors (Lipinski definition) is 25. The molecule has 0 aromatic carbocycles. The van der Waals surface area contributed by atoms with Gasteiger partial charge in [0.25, 0.3) is 5.56 Å². The molecule has 38 heteroatoms. The molecule has 13 atom stereocenters. The Hall–Kier alpha value is -3.03. The minimum Gasteiger partial charge on any atom is -0.387 e. The Kier molecular flexibility index (Phi) is 12.4. The van der Waals surface area contributed by atoms with E-state index < -0.39 is 107 Å². The highest BCUT2D eigenvalue weighted by Gasteiger charge is 2.51. The lowest BCUT2D eigenvalue weighted by molar-refractivity contribution is -0.0503. The number of nitrogens with two attached hydrogens (primary N) is 2. The average Bonchev–Trinajstić information content (AvgIpc) is 3.83. The quantitative estimate of drug-likeness (QED) is 0.0497. The maximum Gasteiger partial charge on any atom is 0.490 e. The standard InChI is InChI=1S/C20H29N10O23P5/c21-14-8-15(24-3-23-14)29(4-25-8)18-12(33)10(31)6(48-18)1-46-54(36,37)50-56(40,41)52-58(44,45)53-57(42,43)51-55(38,39)47-2-7-11(32)13(34)19(49-7)30-5-26-9-16(30)27-20(22)28-17(9)35/h3-7,10-13,18-19,31-34H,1-2H2,(H,36,37)(H,38,39)(H,40,41)(H,42,43)(H,44,45)(H2,21,23,24)(H3,22,27,28,35)/t6-,7-,10-,11+,12+,13-,18-,19-/m1/s1. The molecule has 58 heavy (non-hydrogen) atoms. The Morgan fingerprint density at radius 3 is 1.55 bits per heavy atom. The Labute approximate surface area is 318 Å². The van der Waals surface area contributed by atoms with Gasteiger partial charge < -0.3 is 65.8 Å². The highest BCUT2D eigenvalue weighted by Crippen LogP contribution is 2.73. The summed E-state index contributed by atoms with van der Waals surface area (Å²) < 4.78 is 98.6. The van der Waals surface area contributed by atoms with Crippen molar-refractivity contribution in [2.75, 3.05) is 24.7 Å². The van der Waals surface area contributed by atoms with Crippen LogP contribution in [-0.4, -0.2) is 134 Å². The maximum absolute atomic E-state index is 12.4. The van der Waals surface area contributed by atoms with E-state index in [2.05, 4.69) is 56.2 Å². The lowest BCUT2D eigenvalue weighted by Gasteiger charge is -2.21. The van der Waals surface area contributed by atoms with Gasteiger partial charge >= 0.3 is 39.1 Å². The molecule has 14 N–H and O–H groups in total. The van der Waals surface area contributed by atoms with Crippen molar-refractivity contribution in [3.63, 3.8) is 0 Å². The van der Waals surface area contributed by atoms with Gasteiger partial charge in [0.2, 0.25) is 5.95 Å². The second-order valence-electron chi connectivity index (χ2n) is 11.7. The van der Waals surface area contributed by atoms with Gasteiger partial charge in [0.05, 0.1) is 25.9 Å². The second kappa shape index (κ2) is 16.1. The molecule has 2 saturated heterocycles. The summed E-state index contributed by atoms with van der Waals surface area (Å²) in [7, 11) is -31.0. The molecule has 6 rings (SSSR count). The zero-order valence-electron chi connectivity index (χ0n) is 28.0. The lowest BCUT2D eigenvalue weighted by Crippen LogP contribution is -2.33. The molecule has 0 spiro atoms. The number of ether oxygens (including phenoxy) is 2. The molecule has 0 amide bonds. The Morgan fingerprint density at radius 1 is 0.638 bits per heavy atom. The molecule has 0 saturated carbocycles. The van der Waals surface area contributed by atoms with Gasteiger partial charge in [-0.1, -0.05) is 0 Å². The Bertz CT molecular complexity index is 2500. The fourth-order valence-electron chi connectivity index (χ4n) is 5.33. The molecule has 4 aromatic heterocycles. The van der Waals surface area contributed by atoms with Crippen LogP contribution in [0.4, 0.5) is 11.8 Å². The SMILES string of the molecule is Nc1nc2c(ncn2[C@@H]2O[C@H](COP(=O)(O)OP(=O)(O)OP(=O)(O)OP(=O)(O)OP(=O)(O)OC[C@H]3O[C@@H](n4cnc5c(N)ncnc54)[C@@H](O)[C@@H]3O)[C@H](O)[C@H]2O)c(=O)[nH]1. The third-order valence-electron chi connectivity index (χ3n) is 7.69. The van der Waals surface area contributed by atoms with E-state index in [0.717, 1.165) is 28.1 Å². The topological polar surface area (TPSA) is 500 Å². The number of fused-ring (bicyclic) bond motifs is 2. The third-order valence-corrected chi connectivity index (χ3v) is 15.2. The number of phosphoric acid groups is 5.